The van der Waals surface area contributed by atoms with Crippen molar-refractivity contribution in [3.8, 4) is 0 Å². The number of carbonyl (C=O) groups is 3. The van der Waals surface area contributed by atoms with Crippen LogP contribution >= 0.6 is 0 Å². The average molecular weight is 960 g/mol. The minimum Gasteiger partial charge on any atom is -0.462 e. The van der Waals surface area contributed by atoms with E-state index in [0.717, 1.165) is 89.9 Å². The maximum atomic E-state index is 12.9. The molecule has 69 heavy (non-hydrogen) atoms. The van der Waals surface area contributed by atoms with Crippen molar-refractivity contribution in [1.82, 2.24) is 0 Å². The van der Waals surface area contributed by atoms with Crippen molar-refractivity contribution in [3.63, 3.8) is 0 Å². The molecule has 0 spiro atoms. The number of unbranched alkanes of at least 4 members (excludes halogenated alkanes) is 24. The highest BCUT2D eigenvalue weighted by Gasteiger charge is 2.19. The second kappa shape index (κ2) is 56.9. The fraction of sp³-hybridized carbons (Fsp3) is 0.698. The molecule has 0 saturated carbocycles. The molecule has 0 rings (SSSR count). The number of hydrogen-bond acceptors (Lipinski definition) is 6. The number of allylic oxidation sites excluding steroid dienone is 16. The first-order valence-corrected chi connectivity index (χ1v) is 28.7. The van der Waals surface area contributed by atoms with Crippen molar-refractivity contribution in [2.45, 2.75) is 271 Å². The van der Waals surface area contributed by atoms with Gasteiger partial charge in [0.15, 0.2) is 6.10 Å². The molecule has 1 unspecified atom stereocenters. The van der Waals surface area contributed by atoms with Crippen LogP contribution < -0.4 is 0 Å². The highest BCUT2D eigenvalue weighted by Crippen LogP contribution is 2.14. The standard InChI is InChI=1S/C63H106O6/c1-4-7-10-13-16-19-22-25-28-31-34-37-40-43-46-49-52-55-61(64)67-58-60(69-63(66)57-54-51-48-45-42-39-36-33-30-27-24-21-18-15-12-9-6-3)59-68-62(65)56-53-50-47-44-41-38-35-32-29-26-23-20-17-14-11-8-5-2/h16-21,25-30,34,37,43,46,60H,4-15,22-24,31-33,35-36,38-42,44-45,47-59H2,1-3H3/b19-16-,20-17-,21-18-,28-25-,29-26-,30-27-,37-34-,46-43-. The predicted molar refractivity (Wildman–Crippen MR) is 297 cm³/mol. The Kier molecular flexibility index (Phi) is 53.9. The third kappa shape index (κ3) is 55.1. The molecule has 0 aromatic heterocycles. The van der Waals surface area contributed by atoms with Crippen molar-refractivity contribution in [3.05, 3.63) is 97.2 Å². The zero-order chi connectivity index (χ0) is 50.0. The van der Waals surface area contributed by atoms with E-state index in [0.29, 0.717) is 19.3 Å². The second-order valence-corrected chi connectivity index (χ2v) is 18.8. The molecule has 0 amide bonds. The molecule has 0 aliphatic heterocycles. The molecule has 0 fully saturated rings. The molecule has 1 atom stereocenters. The van der Waals surface area contributed by atoms with Gasteiger partial charge in [-0.05, 0) is 122 Å². The predicted octanol–water partition coefficient (Wildman–Crippen LogP) is 19.3. The molecule has 6 nitrogen and oxygen atoms in total. The summed E-state index contributed by atoms with van der Waals surface area (Å²) in [6, 6.07) is 0. The molecular weight excluding hydrogens is 853 g/mol. The van der Waals surface area contributed by atoms with Crippen LogP contribution in [0.5, 0.6) is 0 Å². The molecular formula is C63H106O6. The summed E-state index contributed by atoms with van der Waals surface area (Å²) in [7, 11) is 0. The summed E-state index contributed by atoms with van der Waals surface area (Å²) in [5.74, 6) is -0.973. The van der Waals surface area contributed by atoms with Crippen LogP contribution in [0.1, 0.15) is 265 Å². The lowest BCUT2D eigenvalue weighted by atomic mass is 10.1. The minimum atomic E-state index is -0.809. The van der Waals surface area contributed by atoms with Crippen molar-refractivity contribution < 1.29 is 28.6 Å². The molecule has 0 saturated heterocycles. The van der Waals surface area contributed by atoms with Crippen LogP contribution in [0.15, 0.2) is 97.2 Å². The SMILES string of the molecule is CCCCC/C=C\C/C=C\C/C=C\C/C=C\CCCC(=O)OCC(COC(=O)CCCCCCCCC/C=C\C/C=C\CCCCC)OC(=O)CCCCCCCCC/C=C\C/C=C\CCCCC. The van der Waals surface area contributed by atoms with Gasteiger partial charge in [-0.25, -0.2) is 0 Å². The zero-order valence-electron chi connectivity index (χ0n) is 45.0. The Morgan fingerprint density at radius 1 is 0.290 bits per heavy atom. The van der Waals surface area contributed by atoms with Gasteiger partial charge in [-0.3, -0.25) is 14.4 Å². The van der Waals surface area contributed by atoms with Gasteiger partial charge >= 0.3 is 17.9 Å². The van der Waals surface area contributed by atoms with Crippen LogP contribution in [-0.4, -0.2) is 37.2 Å². The highest BCUT2D eigenvalue weighted by molar-refractivity contribution is 5.71. The molecule has 394 valence electrons. The molecule has 0 aliphatic rings. The van der Waals surface area contributed by atoms with E-state index in [1.54, 1.807) is 0 Å². The Morgan fingerprint density at radius 3 is 0.870 bits per heavy atom. The maximum absolute atomic E-state index is 12.9. The summed E-state index contributed by atoms with van der Waals surface area (Å²) in [5.41, 5.74) is 0. The van der Waals surface area contributed by atoms with Crippen LogP contribution in [0.25, 0.3) is 0 Å². The second-order valence-electron chi connectivity index (χ2n) is 18.8. The van der Waals surface area contributed by atoms with Gasteiger partial charge in [0.1, 0.15) is 13.2 Å². The van der Waals surface area contributed by atoms with Crippen LogP contribution in [-0.2, 0) is 28.6 Å². The van der Waals surface area contributed by atoms with Crippen LogP contribution in [0.4, 0.5) is 0 Å². The summed E-state index contributed by atoms with van der Waals surface area (Å²) in [4.78, 5) is 38.2. The van der Waals surface area contributed by atoms with Crippen LogP contribution in [0.2, 0.25) is 0 Å². The number of carbonyl (C=O) groups excluding carboxylic acids is 3. The molecule has 6 heteroatoms. The number of rotatable bonds is 51. The number of hydrogen-bond donors (Lipinski definition) is 0. The lowest BCUT2D eigenvalue weighted by Crippen LogP contribution is -2.30. The fourth-order valence-corrected chi connectivity index (χ4v) is 7.67. The van der Waals surface area contributed by atoms with Gasteiger partial charge < -0.3 is 14.2 Å². The summed E-state index contributed by atoms with van der Waals surface area (Å²) < 4.78 is 16.8. The van der Waals surface area contributed by atoms with Crippen LogP contribution in [0, 0.1) is 0 Å². The third-order valence-electron chi connectivity index (χ3n) is 12.0. The van der Waals surface area contributed by atoms with E-state index in [-0.39, 0.29) is 37.5 Å². The fourth-order valence-electron chi connectivity index (χ4n) is 7.67. The van der Waals surface area contributed by atoms with Crippen LogP contribution in [0.3, 0.4) is 0 Å². The molecule has 0 aromatic carbocycles. The summed E-state index contributed by atoms with van der Waals surface area (Å²) in [6.45, 7) is 6.51. The van der Waals surface area contributed by atoms with Gasteiger partial charge in [0.2, 0.25) is 0 Å². The van der Waals surface area contributed by atoms with Gasteiger partial charge in [0, 0.05) is 19.3 Å². The van der Waals surface area contributed by atoms with Gasteiger partial charge in [-0.15, -0.1) is 0 Å². The molecule has 0 aliphatic carbocycles. The molecule has 0 bridgehead atoms. The summed E-state index contributed by atoms with van der Waals surface area (Å²) in [5, 5.41) is 0. The molecule has 0 radical (unpaired) electrons. The monoisotopic (exact) mass is 959 g/mol. The minimum absolute atomic E-state index is 0.102. The molecule has 0 heterocycles. The summed E-state index contributed by atoms with van der Waals surface area (Å²) >= 11 is 0. The average Bonchev–Trinajstić information content (AvgIpc) is 3.35. The first-order chi connectivity index (χ1) is 34.0. The lowest BCUT2D eigenvalue weighted by molar-refractivity contribution is -0.167. The van der Waals surface area contributed by atoms with Crippen molar-refractivity contribution in [1.29, 1.82) is 0 Å². The van der Waals surface area contributed by atoms with Gasteiger partial charge in [-0.1, -0.05) is 221 Å². The first kappa shape index (κ1) is 65.3. The Bertz CT molecular complexity index is 1380. The van der Waals surface area contributed by atoms with E-state index >= 15 is 0 Å². The van der Waals surface area contributed by atoms with E-state index < -0.39 is 6.10 Å². The molecule has 0 N–H and O–H groups in total. The molecule has 0 aromatic rings. The maximum Gasteiger partial charge on any atom is 0.306 e. The number of esters is 3. The van der Waals surface area contributed by atoms with Gasteiger partial charge in [-0.2, -0.15) is 0 Å². The Labute approximate surface area is 426 Å². The zero-order valence-corrected chi connectivity index (χ0v) is 45.0. The van der Waals surface area contributed by atoms with Crippen molar-refractivity contribution >= 4 is 17.9 Å². The Morgan fingerprint density at radius 2 is 0.536 bits per heavy atom. The van der Waals surface area contributed by atoms with E-state index in [4.69, 9.17) is 14.2 Å². The number of ether oxygens (including phenoxy) is 3. The van der Waals surface area contributed by atoms with E-state index in [2.05, 4.69) is 118 Å². The van der Waals surface area contributed by atoms with E-state index in [1.165, 1.54) is 128 Å². The quantitative estimate of drug-likeness (QED) is 0.0262. The smallest absolute Gasteiger partial charge is 0.306 e. The third-order valence-corrected chi connectivity index (χ3v) is 12.0. The van der Waals surface area contributed by atoms with Gasteiger partial charge in [0.25, 0.3) is 0 Å². The largest absolute Gasteiger partial charge is 0.462 e. The normalized spacial score (nSPS) is 12.8. The highest BCUT2D eigenvalue weighted by atomic mass is 16.6. The lowest BCUT2D eigenvalue weighted by Gasteiger charge is -2.18. The van der Waals surface area contributed by atoms with E-state index in [1.807, 2.05) is 0 Å². The summed E-state index contributed by atoms with van der Waals surface area (Å²) in [6.07, 6.45) is 75.3. The van der Waals surface area contributed by atoms with Crippen molar-refractivity contribution in [2.75, 3.05) is 13.2 Å². The van der Waals surface area contributed by atoms with Gasteiger partial charge in [0.05, 0.1) is 0 Å². The van der Waals surface area contributed by atoms with Crippen molar-refractivity contribution in [2.24, 2.45) is 0 Å². The Hall–Kier alpha value is -3.67. The topological polar surface area (TPSA) is 78.9 Å². The first-order valence-electron chi connectivity index (χ1n) is 28.7. The van der Waals surface area contributed by atoms with E-state index in [9.17, 15) is 14.4 Å². The Balaban J connectivity index is 4.50.